The summed E-state index contributed by atoms with van der Waals surface area (Å²) in [5, 5.41) is 21.2. The van der Waals surface area contributed by atoms with Crippen molar-refractivity contribution < 1.29 is 38.9 Å². The first kappa shape index (κ1) is 38.9. The number of benzene rings is 4. The maximum absolute atomic E-state index is 12.5. The Kier molecular flexibility index (Phi) is 13.7. The van der Waals surface area contributed by atoms with Gasteiger partial charge in [0.25, 0.3) is 0 Å². The molecule has 2 aliphatic heterocycles. The van der Waals surface area contributed by atoms with Gasteiger partial charge in [-0.15, -0.1) is 0 Å². The molecule has 4 aromatic carbocycles. The molecule has 11 heteroatoms. The summed E-state index contributed by atoms with van der Waals surface area (Å²) in [6, 6.07) is 28.5. The summed E-state index contributed by atoms with van der Waals surface area (Å²) in [5.74, 6) is 1.04. The molecule has 2 amide bonds. The number of carbonyl (C=O) groups excluding carboxylic acids is 2. The average molecular weight is 738 g/mol. The molecule has 2 aliphatic rings. The molecule has 3 atom stereocenters. The van der Waals surface area contributed by atoms with Crippen molar-refractivity contribution in [3.8, 4) is 22.6 Å². The second-order valence-electron chi connectivity index (χ2n) is 14.0. The average Bonchev–Trinajstić information content (AvgIpc) is 3.22. The number of unbranched alkanes of at least 4 members (excludes halogenated alkanes) is 2. The maximum atomic E-state index is 12.5. The molecule has 286 valence electrons. The van der Waals surface area contributed by atoms with Gasteiger partial charge >= 0.3 is 0 Å². The predicted molar refractivity (Wildman–Crippen MR) is 204 cm³/mol. The van der Waals surface area contributed by atoms with Gasteiger partial charge in [0.1, 0.15) is 0 Å². The Morgan fingerprint density at radius 1 is 0.796 bits per heavy atom. The molecule has 0 saturated carbocycles. The lowest BCUT2D eigenvalue weighted by Crippen LogP contribution is -2.41. The smallest absolute Gasteiger partial charge is 0.243 e. The zero-order chi connectivity index (χ0) is 37.9. The summed E-state index contributed by atoms with van der Waals surface area (Å²) < 4.78 is 24.6. The fourth-order valence-electron chi connectivity index (χ4n) is 7.24. The van der Waals surface area contributed by atoms with E-state index in [4.69, 9.17) is 24.2 Å². The quantitative estimate of drug-likeness (QED) is 0.0574. The highest BCUT2D eigenvalue weighted by Gasteiger charge is 2.34. The molecule has 1 saturated heterocycles. The van der Waals surface area contributed by atoms with Crippen molar-refractivity contribution in [3.05, 3.63) is 118 Å². The van der Waals surface area contributed by atoms with Crippen molar-refractivity contribution in [2.75, 3.05) is 27.3 Å². The van der Waals surface area contributed by atoms with Gasteiger partial charge in [-0.05, 0) is 82.5 Å². The standard InChI is InChI=1S/C43H51N3O8/c1-51-39-22-34-18-19-46(26-36(34)23-40(39)52-2)27-37-24-38(31-16-14-29(28-47)15-17-31)54-43(53-37)35-11-7-10-33(21-35)32-9-6-8-30(20-32)25-44-41(48)12-4-3-5-13-42(49)45-50/h6-11,14-17,20-23,37-38,43,47,50H,3-5,12-13,18-19,24-28H2,1-2H3,(H,44,48)(H,45,49)/t37-,38+,43+/m0/s1. The zero-order valence-electron chi connectivity index (χ0n) is 31.1. The number of carbonyl (C=O) groups is 2. The van der Waals surface area contributed by atoms with E-state index in [1.165, 1.54) is 11.1 Å². The van der Waals surface area contributed by atoms with E-state index in [9.17, 15) is 14.7 Å². The molecular weight excluding hydrogens is 686 g/mol. The fourth-order valence-corrected chi connectivity index (χ4v) is 7.24. The lowest BCUT2D eigenvalue weighted by molar-refractivity contribution is -0.253. The molecule has 6 rings (SSSR count). The Morgan fingerprint density at radius 2 is 1.50 bits per heavy atom. The van der Waals surface area contributed by atoms with Crippen LogP contribution in [0.25, 0.3) is 11.1 Å². The number of aliphatic hydroxyl groups is 1. The van der Waals surface area contributed by atoms with Gasteiger partial charge in [-0.2, -0.15) is 0 Å². The summed E-state index contributed by atoms with van der Waals surface area (Å²) in [4.78, 5) is 26.1. The molecule has 4 N–H and O–H groups in total. The normalized spacial score (nSPS) is 18.4. The number of methoxy groups -OCH3 is 2. The highest BCUT2D eigenvalue weighted by Crippen LogP contribution is 2.40. The Bertz CT molecular complexity index is 1870. The van der Waals surface area contributed by atoms with Crippen LogP contribution < -0.4 is 20.3 Å². The third-order valence-electron chi connectivity index (χ3n) is 10.2. The third-order valence-corrected chi connectivity index (χ3v) is 10.2. The lowest BCUT2D eigenvalue weighted by Gasteiger charge is -2.39. The molecular formula is C43H51N3O8. The van der Waals surface area contributed by atoms with E-state index in [1.54, 1.807) is 19.7 Å². The lowest BCUT2D eigenvalue weighted by atomic mass is 9.96. The van der Waals surface area contributed by atoms with Crippen LogP contribution in [0.4, 0.5) is 0 Å². The number of hydrogen-bond donors (Lipinski definition) is 4. The Hall–Kier alpha value is -4.78. The highest BCUT2D eigenvalue weighted by atomic mass is 16.7. The molecule has 2 heterocycles. The Morgan fingerprint density at radius 3 is 2.22 bits per heavy atom. The van der Waals surface area contributed by atoms with Crippen molar-refractivity contribution in [2.24, 2.45) is 0 Å². The number of rotatable bonds is 16. The van der Waals surface area contributed by atoms with Crippen LogP contribution in [-0.4, -0.2) is 60.4 Å². The molecule has 11 nitrogen and oxygen atoms in total. The van der Waals surface area contributed by atoms with E-state index in [2.05, 4.69) is 46.6 Å². The van der Waals surface area contributed by atoms with Crippen LogP contribution in [0.3, 0.4) is 0 Å². The predicted octanol–water partition coefficient (Wildman–Crippen LogP) is 6.54. The minimum atomic E-state index is -0.590. The van der Waals surface area contributed by atoms with Gasteiger partial charge in [-0.25, -0.2) is 5.48 Å². The number of fused-ring (bicyclic) bond motifs is 1. The van der Waals surface area contributed by atoms with Gasteiger partial charge in [-0.3, -0.25) is 19.7 Å². The van der Waals surface area contributed by atoms with E-state index in [1.807, 2.05) is 48.5 Å². The molecule has 0 radical (unpaired) electrons. The Labute approximate surface area is 317 Å². The topological polar surface area (TPSA) is 139 Å². The second-order valence-corrected chi connectivity index (χ2v) is 14.0. The zero-order valence-corrected chi connectivity index (χ0v) is 31.1. The summed E-state index contributed by atoms with van der Waals surface area (Å²) in [6.45, 7) is 2.83. The van der Waals surface area contributed by atoms with Gasteiger partial charge in [0.05, 0.1) is 33.0 Å². The second kappa shape index (κ2) is 19.0. The maximum Gasteiger partial charge on any atom is 0.243 e. The van der Waals surface area contributed by atoms with Gasteiger partial charge < -0.3 is 29.4 Å². The van der Waals surface area contributed by atoms with Crippen LogP contribution in [-0.2, 0) is 45.2 Å². The fraction of sp³-hybridized carbons (Fsp3) is 0.395. The first-order valence-electron chi connectivity index (χ1n) is 18.7. The molecule has 0 spiro atoms. The van der Waals surface area contributed by atoms with Crippen molar-refractivity contribution >= 4 is 11.8 Å². The van der Waals surface area contributed by atoms with Crippen LogP contribution in [0.2, 0.25) is 0 Å². The number of ether oxygens (including phenoxy) is 4. The number of aliphatic hydroxyl groups excluding tert-OH is 1. The summed E-state index contributed by atoms with van der Waals surface area (Å²) in [7, 11) is 3.33. The van der Waals surface area contributed by atoms with E-state index in [-0.39, 0.29) is 31.1 Å². The summed E-state index contributed by atoms with van der Waals surface area (Å²) >= 11 is 0. The van der Waals surface area contributed by atoms with Gasteiger partial charge in [0.2, 0.25) is 11.8 Å². The minimum Gasteiger partial charge on any atom is -0.493 e. The molecule has 0 aromatic heterocycles. The number of hydroxylamine groups is 1. The number of nitrogens with one attached hydrogen (secondary N) is 2. The van der Waals surface area contributed by atoms with Gasteiger partial charge in [0, 0.05) is 51.0 Å². The molecule has 54 heavy (non-hydrogen) atoms. The highest BCUT2D eigenvalue weighted by molar-refractivity contribution is 5.76. The first-order chi connectivity index (χ1) is 26.3. The SMILES string of the molecule is COc1cc2c(cc1OC)CN(C[C@@H]1C[C@H](c3ccc(CO)cc3)O[C@H](c3cccc(-c4cccc(CNC(=O)CCCCCC(=O)NO)c4)c3)O1)CC2. The van der Waals surface area contributed by atoms with E-state index >= 15 is 0 Å². The Balaban J connectivity index is 1.13. The van der Waals surface area contributed by atoms with Crippen LogP contribution in [0.15, 0.2) is 84.9 Å². The van der Waals surface area contributed by atoms with Crippen LogP contribution in [0.5, 0.6) is 11.5 Å². The minimum absolute atomic E-state index is 0.0112. The largest absolute Gasteiger partial charge is 0.493 e. The number of hydrogen-bond acceptors (Lipinski definition) is 9. The summed E-state index contributed by atoms with van der Waals surface area (Å²) in [6.07, 6.45) is 3.38. The monoisotopic (exact) mass is 737 g/mol. The third kappa shape index (κ3) is 10.2. The van der Waals surface area contributed by atoms with Crippen molar-refractivity contribution in [1.82, 2.24) is 15.7 Å². The van der Waals surface area contributed by atoms with E-state index in [0.29, 0.717) is 32.2 Å². The molecule has 1 fully saturated rings. The van der Waals surface area contributed by atoms with Crippen molar-refractivity contribution in [3.63, 3.8) is 0 Å². The number of amides is 2. The molecule has 0 aliphatic carbocycles. The van der Waals surface area contributed by atoms with Gasteiger partial charge in [-0.1, -0.05) is 67.1 Å². The van der Waals surface area contributed by atoms with E-state index in [0.717, 1.165) is 77.4 Å². The van der Waals surface area contributed by atoms with Crippen LogP contribution >= 0.6 is 0 Å². The van der Waals surface area contributed by atoms with E-state index < -0.39 is 12.2 Å². The molecule has 0 unspecified atom stereocenters. The molecule has 0 bridgehead atoms. The van der Waals surface area contributed by atoms with Crippen LogP contribution in [0, 0.1) is 0 Å². The van der Waals surface area contributed by atoms with Crippen molar-refractivity contribution in [1.29, 1.82) is 0 Å². The molecule has 4 aromatic rings. The number of nitrogens with zero attached hydrogens (tertiary/aromatic N) is 1. The summed E-state index contributed by atoms with van der Waals surface area (Å²) in [5.41, 5.74) is 9.99. The van der Waals surface area contributed by atoms with Crippen LogP contribution in [0.1, 0.15) is 84.3 Å². The van der Waals surface area contributed by atoms with Gasteiger partial charge in [0.15, 0.2) is 17.8 Å². The first-order valence-corrected chi connectivity index (χ1v) is 18.7. The van der Waals surface area contributed by atoms with Crippen molar-refractivity contribution in [2.45, 2.75) is 83.1 Å².